The lowest BCUT2D eigenvalue weighted by Gasteiger charge is -2.34. The molecule has 0 amide bonds. The normalized spacial score (nSPS) is 28.3. The molecule has 2 atom stereocenters. The Hall–Kier alpha value is -1.73. The predicted molar refractivity (Wildman–Crippen MR) is 87.6 cm³/mol. The van der Waals surface area contributed by atoms with Crippen LogP contribution in [0.1, 0.15) is 56.9 Å². The van der Waals surface area contributed by atoms with E-state index in [1.54, 1.807) is 7.11 Å². The monoisotopic (exact) mass is 315 g/mol. The molecule has 2 aliphatic carbocycles. The quantitative estimate of drug-likeness (QED) is 0.920. The molecule has 0 aliphatic heterocycles. The minimum atomic E-state index is -0.613. The van der Waals surface area contributed by atoms with Crippen LogP contribution in [0.3, 0.4) is 0 Å². The fraction of sp³-hybridized carbons (Fsp3) is 0.632. The molecule has 1 aromatic rings. The van der Waals surface area contributed by atoms with E-state index >= 15 is 0 Å². The summed E-state index contributed by atoms with van der Waals surface area (Å²) < 4.78 is 11.6. The maximum Gasteiger partial charge on any atom is 0.161 e. The molecule has 4 heteroatoms. The standard InChI is InChI=1S/C19H25NO3/c1-22-17-9-8-14(11-18(17)23-16-6-2-3-7-16)19(13-20)10-4-5-15(21)12-19/h8-9,11,15-16,21H,2-7,10,12H2,1H3/t15-,19+/m0/s1. The first-order valence-corrected chi connectivity index (χ1v) is 8.61. The Labute approximate surface area is 138 Å². The number of ether oxygens (including phenoxy) is 2. The summed E-state index contributed by atoms with van der Waals surface area (Å²) in [7, 11) is 1.64. The van der Waals surface area contributed by atoms with Crippen molar-refractivity contribution in [2.24, 2.45) is 0 Å². The van der Waals surface area contributed by atoms with Crippen LogP contribution in [0.5, 0.6) is 11.5 Å². The first-order valence-electron chi connectivity index (χ1n) is 8.61. The van der Waals surface area contributed by atoms with Gasteiger partial charge in [0.15, 0.2) is 11.5 Å². The summed E-state index contributed by atoms with van der Waals surface area (Å²) in [6.45, 7) is 0. The van der Waals surface area contributed by atoms with Gasteiger partial charge in [0.2, 0.25) is 0 Å². The number of benzene rings is 1. The van der Waals surface area contributed by atoms with Gasteiger partial charge in [-0.1, -0.05) is 6.07 Å². The van der Waals surface area contributed by atoms with Gasteiger partial charge < -0.3 is 14.6 Å². The van der Waals surface area contributed by atoms with Gasteiger partial charge in [-0.05, 0) is 69.1 Å². The van der Waals surface area contributed by atoms with Crippen molar-refractivity contribution in [1.29, 1.82) is 5.26 Å². The summed E-state index contributed by atoms with van der Waals surface area (Å²) in [4.78, 5) is 0. The van der Waals surface area contributed by atoms with E-state index in [2.05, 4.69) is 6.07 Å². The Balaban J connectivity index is 1.91. The number of hydrogen-bond donors (Lipinski definition) is 1. The highest BCUT2D eigenvalue weighted by molar-refractivity contribution is 5.47. The molecule has 1 aromatic carbocycles. The van der Waals surface area contributed by atoms with Gasteiger partial charge in [0.05, 0.1) is 30.8 Å². The summed E-state index contributed by atoms with van der Waals surface area (Å²) in [6.07, 6.45) is 7.37. The van der Waals surface area contributed by atoms with Crippen LogP contribution in [0.2, 0.25) is 0 Å². The van der Waals surface area contributed by atoms with Crippen molar-refractivity contribution in [1.82, 2.24) is 0 Å². The molecule has 0 heterocycles. The smallest absolute Gasteiger partial charge is 0.161 e. The Bertz CT molecular complexity index is 589. The fourth-order valence-electron chi connectivity index (χ4n) is 3.93. The number of rotatable bonds is 4. The van der Waals surface area contributed by atoms with Gasteiger partial charge in [-0.25, -0.2) is 0 Å². The Morgan fingerprint density at radius 3 is 2.61 bits per heavy atom. The third-order valence-corrected chi connectivity index (χ3v) is 5.25. The Morgan fingerprint density at radius 2 is 1.96 bits per heavy atom. The van der Waals surface area contributed by atoms with E-state index in [4.69, 9.17) is 9.47 Å². The van der Waals surface area contributed by atoms with Gasteiger partial charge in [0.1, 0.15) is 0 Å². The van der Waals surface area contributed by atoms with Crippen LogP contribution in [0, 0.1) is 11.3 Å². The van der Waals surface area contributed by atoms with Gasteiger partial charge >= 0.3 is 0 Å². The van der Waals surface area contributed by atoms with Crippen LogP contribution in [0.4, 0.5) is 0 Å². The molecule has 23 heavy (non-hydrogen) atoms. The van der Waals surface area contributed by atoms with Crippen molar-refractivity contribution >= 4 is 0 Å². The average molecular weight is 315 g/mol. The third kappa shape index (κ3) is 3.30. The third-order valence-electron chi connectivity index (χ3n) is 5.25. The lowest BCUT2D eigenvalue weighted by molar-refractivity contribution is 0.102. The van der Waals surface area contributed by atoms with E-state index in [-0.39, 0.29) is 6.10 Å². The molecule has 3 rings (SSSR count). The maximum atomic E-state index is 10.0. The van der Waals surface area contributed by atoms with Gasteiger partial charge in [-0.2, -0.15) is 5.26 Å². The minimum absolute atomic E-state index is 0.245. The second-order valence-corrected chi connectivity index (χ2v) is 6.83. The van der Waals surface area contributed by atoms with Gasteiger partial charge in [-0.15, -0.1) is 0 Å². The Morgan fingerprint density at radius 1 is 1.17 bits per heavy atom. The Kier molecular flexibility index (Phi) is 4.77. The molecule has 0 bridgehead atoms. The van der Waals surface area contributed by atoms with Crippen LogP contribution in [0.25, 0.3) is 0 Å². The minimum Gasteiger partial charge on any atom is -0.493 e. The van der Waals surface area contributed by atoms with Crippen molar-refractivity contribution in [3.63, 3.8) is 0 Å². The van der Waals surface area contributed by atoms with Crippen molar-refractivity contribution < 1.29 is 14.6 Å². The highest BCUT2D eigenvalue weighted by atomic mass is 16.5. The molecular formula is C19H25NO3. The zero-order valence-electron chi connectivity index (χ0n) is 13.8. The number of hydrogen-bond acceptors (Lipinski definition) is 4. The highest BCUT2D eigenvalue weighted by Gasteiger charge is 2.38. The molecule has 2 fully saturated rings. The summed E-state index contributed by atoms with van der Waals surface area (Å²) >= 11 is 0. The molecule has 0 radical (unpaired) electrons. The van der Waals surface area contributed by atoms with E-state index in [0.29, 0.717) is 12.2 Å². The number of aliphatic hydroxyl groups excluding tert-OH is 1. The average Bonchev–Trinajstić information content (AvgIpc) is 3.07. The van der Waals surface area contributed by atoms with Crippen LogP contribution in [0.15, 0.2) is 18.2 Å². The van der Waals surface area contributed by atoms with E-state index in [1.807, 2.05) is 18.2 Å². The van der Waals surface area contributed by atoms with Crippen molar-refractivity contribution in [3.05, 3.63) is 23.8 Å². The zero-order valence-corrected chi connectivity index (χ0v) is 13.8. The van der Waals surface area contributed by atoms with E-state index < -0.39 is 11.5 Å². The molecule has 4 nitrogen and oxygen atoms in total. The summed E-state index contributed by atoms with van der Waals surface area (Å²) in [5, 5.41) is 19.8. The first-order chi connectivity index (χ1) is 11.2. The second kappa shape index (κ2) is 6.80. The number of aliphatic hydroxyl groups is 1. The van der Waals surface area contributed by atoms with Crippen LogP contribution < -0.4 is 9.47 Å². The lowest BCUT2D eigenvalue weighted by Crippen LogP contribution is -2.34. The molecule has 124 valence electrons. The molecule has 1 N–H and O–H groups in total. The summed E-state index contributed by atoms with van der Waals surface area (Å²) in [5.41, 5.74) is 0.324. The molecule has 2 saturated carbocycles. The predicted octanol–water partition coefficient (Wildman–Crippen LogP) is 3.71. The van der Waals surface area contributed by atoms with Gasteiger partial charge in [0.25, 0.3) is 0 Å². The molecule has 0 saturated heterocycles. The second-order valence-electron chi connectivity index (χ2n) is 6.83. The number of methoxy groups -OCH3 is 1. The molecular weight excluding hydrogens is 290 g/mol. The van der Waals surface area contributed by atoms with Crippen molar-refractivity contribution in [2.75, 3.05) is 7.11 Å². The van der Waals surface area contributed by atoms with Crippen LogP contribution >= 0.6 is 0 Å². The summed E-state index contributed by atoms with van der Waals surface area (Å²) in [5.74, 6) is 1.44. The SMILES string of the molecule is COc1ccc([C@]2(C#N)CCC[C@H](O)C2)cc1OC1CCCC1. The largest absolute Gasteiger partial charge is 0.493 e. The number of nitriles is 1. The molecule has 0 spiro atoms. The fourth-order valence-corrected chi connectivity index (χ4v) is 3.93. The lowest BCUT2D eigenvalue weighted by atomic mass is 9.69. The van der Waals surface area contributed by atoms with E-state index in [0.717, 1.165) is 43.4 Å². The highest BCUT2D eigenvalue weighted by Crippen LogP contribution is 2.42. The molecule has 2 aliphatic rings. The maximum absolute atomic E-state index is 10.0. The molecule has 0 aromatic heterocycles. The zero-order chi connectivity index (χ0) is 16.3. The van der Waals surface area contributed by atoms with Crippen LogP contribution in [-0.2, 0) is 5.41 Å². The van der Waals surface area contributed by atoms with Crippen molar-refractivity contribution in [2.45, 2.75) is 69.0 Å². The first kappa shape index (κ1) is 16.1. The van der Waals surface area contributed by atoms with Crippen LogP contribution in [-0.4, -0.2) is 24.4 Å². The number of nitrogens with zero attached hydrogens (tertiary/aromatic N) is 1. The topological polar surface area (TPSA) is 62.5 Å². The molecule has 0 unspecified atom stereocenters. The summed E-state index contributed by atoms with van der Waals surface area (Å²) in [6, 6.07) is 8.26. The van der Waals surface area contributed by atoms with Gasteiger partial charge in [0, 0.05) is 0 Å². The van der Waals surface area contributed by atoms with E-state index in [1.165, 1.54) is 12.8 Å². The van der Waals surface area contributed by atoms with Crippen molar-refractivity contribution in [3.8, 4) is 17.6 Å². The van der Waals surface area contributed by atoms with Gasteiger partial charge in [-0.3, -0.25) is 0 Å². The van der Waals surface area contributed by atoms with E-state index in [9.17, 15) is 10.4 Å².